The molecule has 0 bridgehead atoms. The van der Waals surface area contributed by atoms with E-state index in [1.165, 1.54) is 37.1 Å². The standard InChI is InChI=1S/C42H72N4O7/c1-8-16-37(39(49)45-26-23-35(24-27-45)52-30-51-7)42(53-9-2,33-19-14-11-15-20-33)40(50)44-46(28-25-41(5,6)43)38(48)36(31(3)4)29-34(47)22-21-32-17-12-10-13-18-32/h11,14-15,19-20,31-32,34-37,47H,8-10,12-13,16-18,21-30,43H2,1-7H3,(H,44,50)/t34-,36-,37?,42+/m0/s1. The van der Waals surface area contributed by atoms with Gasteiger partial charge in [0.05, 0.1) is 18.1 Å². The number of benzene rings is 1. The second-order valence-electron chi connectivity index (χ2n) is 16.5. The number of carbonyl (C=O) groups is 3. The van der Waals surface area contributed by atoms with Crippen LogP contribution in [0.15, 0.2) is 30.3 Å². The van der Waals surface area contributed by atoms with Crippen LogP contribution in [0, 0.1) is 23.7 Å². The first kappa shape index (κ1) is 44.8. The molecular formula is C42H72N4O7. The number of carbonyl (C=O) groups excluding carboxylic acids is 3. The number of nitrogens with zero attached hydrogens (tertiary/aromatic N) is 2. The van der Waals surface area contributed by atoms with Crippen LogP contribution in [-0.2, 0) is 34.2 Å². The van der Waals surface area contributed by atoms with Crippen molar-refractivity contribution in [3.63, 3.8) is 0 Å². The van der Waals surface area contributed by atoms with E-state index in [1.54, 1.807) is 7.11 Å². The Balaban J connectivity index is 1.97. The van der Waals surface area contributed by atoms with E-state index in [1.807, 2.05) is 76.8 Å². The SMILES string of the molecule is CCCC(C(=O)N1CCC(OCOC)CC1)[C@@](OCC)(C(=O)NN(CCC(C)(C)N)C(=O)[C@@H](C[C@@H](O)CCC1CCCCC1)C(C)C)c1ccccc1. The van der Waals surface area contributed by atoms with Crippen molar-refractivity contribution in [2.24, 2.45) is 29.4 Å². The summed E-state index contributed by atoms with van der Waals surface area (Å²) in [4.78, 5) is 46.2. The summed E-state index contributed by atoms with van der Waals surface area (Å²) in [7, 11) is 1.59. The minimum atomic E-state index is -1.73. The van der Waals surface area contributed by atoms with Gasteiger partial charge in [-0.2, -0.15) is 0 Å². The number of nitrogens with one attached hydrogen (secondary N) is 1. The van der Waals surface area contributed by atoms with E-state index in [9.17, 15) is 14.7 Å². The molecule has 3 rings (SSSR count). The van der Waals surface area contributed by atoms with Crippen LogP contribution in [0.5, 0.6) is 0 Å². The quantitative estimate of drug-likeness (QED) is 0.0981. The zero-order valence-electron chi connectivity index (χ0n) is 33.9. The summed E-state index contributed by atoms with van der Waals surface area (Å²) in [5.74, 6) is -1.86. The largest absolute Gasteiger partial charge is 0.393 e. The molecule has 1 aromatic rings. The average Bonchev–Trinajstić information content (AvgIpc) is 3.15. The molecule has 1 aliphatic carbocycles. The normalized spacial score (nSPS) is 19.0. The van der Waals surface area contributed by atoms with Crippen molar-refractivity contribution in [3.05, 3.63) is 35.9 Å². The molecule has 4 atom stereocenters. The first-order chi connectivity index (χ1) is 25.3. The summed E-state index contributed by atoms with van der Waals surface area (Å²) in [5.41, 5.74) is 7.65. The van der Waals surface area contributed by atoms with E-state index in [2.05, 4.69) is 5.43 Å². The lowest BCUT2D eigenvalue weighted by molar-refractivity contribution is -0.176. The molecule has 11 heteroatoms. The molecule has 1 unspecified atom stereocenters. The van der Waals surface area contributed by atoms with Gasteiger partial charge in [0, 0.05) is 44.8 Å². The number of rotatable bonds is 21. The van der Waals surface area contributed by atoms with Crippen molar-refractivity contribution >= 4 is 17.7 Å². The highest BCUT2D eigenvalue weighted by molar-refractivity contribution is 5.95. The molecule has 1 aliphatic heterocycles. The lowest BCUT2D eigenvalue weighted by atomic mass is 9.76. The van der Waals surface area contributed by atoms with Gasteiger partial charge in [-0.1, -0.05) is 89.6 Å². The zero-order valence-corrected chi connectivity index (χ0v) is 33.9. The minimum Gasteiger partial charge on any atom is -0.393 e. The molecule has 302 valence electrons. The number of likely N-dealkylation sites (tertiary alicyclic amines) is 1. The van der Waals surface area contributed by atoms with Gasteiger partial charge >= 0.3 is 0 Å². The summed E-state index contributed by atoms with van der Waals surface area (Å²) < 4.78 is 17.4. The smallest absolute Gasteiger partial charge is 0.276 e. The van der Waals surface area contributed by atoms with Crippen LogP contribution in [0.25, 0.3) is 0 Å². The molecule has 0 radical (unpaired) electrons. The number of nitrogens with two attached hydrogens (primary N) is 1. The van der Waals surface area contributed by atoms with Crippen LogP contribution in [0.1, 0.15) is 131 Å². The van der Waals surface area contributed by atoms with E-state index < -0.39 is 35.0 Å². The lowest BCUT2D eigenvalue weighted by Crippen LogP contribution is -2.62. The van der Waals surface area contributed by atoms with E-state index in [4.69, 9.17) is 19.9 Å². The summed E-state index contributed by atoms with van der Waals surface area (Å²) in [6.07, 6.45) is 10.2. The molecule has 1 saturated carbocycles. The Kier molecular flexibility index (Phi) is 18.7. The molecule has 0 aromatic heterocycles. The fourth-order valence-electron chi connectivity index (χ4n) is 8.07. The maximum atomic E-state index is 15.1. The number of aliphatic hydroxyl groups excluding tert-OH is 1. The van der Waals surface area contributed by atoms with Gasteiger partial charge in [-0.25, -0.2) is 0 Å². The maximum absolute atomic E-state index is 15.1. The van der Waals surface area contributed by atoms with Crippen LogP contribution >= 0.6 is 0 Å². The third kappa shape index (κ3) is 13.3. The lowest BCUT2D eigenvalue weighted by Gasteiger charge is -2.43. The highest BCUT2D eigenvalue weighted by Crippen LogP contribution is 2.40. The topological polar surface area (TPSA) is 144 Å². The molecule has 11 nitrogen and oxygen atoms in total. The summed E-state index contributed by atoms with van der Waals surface area (Å²) in [6.45, 7) is 13.1. The van der Waals surface area contributed by atoms with Crippen molar-refractivity contribution in [1.29, 1.82) is 0 Å². The Hall–Kier alpha value is -2.57. The van der Waals surface area contributed by atoms with Crippen molar-refractivity contribution in [2.75, 3.05) is 40.1 Å². The van der Waals surface area contributed by atoms with Crippen molar-refractivity contribution < 1.29 is 33.7 Å². The first-order valence-corrected chi connectivity index (χ1v) is 20.4. The summed E-state index contributed by atoms with van der Waals surface area (Å²) >= 11 is 0. The predicted molar refractivity (Wildman–Crippen MR) is 208 cm³/mol. The van der Waals surface area contributed by atoms with Gasteiger partial charge < -0.3 is 30.0 Å². The number of hydrogen-bond donors (Lipinski definition) is 3. The zero-order chi connectivity index (χ0) is 39.0. The Morgan fingerprint density at radius 3 is 2.25 bits per heavy atom. The Labute approximate surface area is 320 Å². The van der Waals surface area contributed by atoms with Crippen LogP contribution in [0.2, 0.25) is 0 Å². The molecule has 2 aliphatic rings. The van der Waals surface area contributed by atoms with Crippen LogP contribution in [-0.4, -0.2) is 90.6 Å². The van der Waals surface area contributed by atoms with Crippen molar-refractivity contribution in [3.8, 4) is 0 Å². The monoisotopic (exact) mass is 745 g/mol. The third-order valence-corrected chi connectivity index (χ3v) is 11.2. The molecule has 0 spiro atoms. The molecule has 4 N–H and O–H groups in total. The molecule has 1 saturated heterocycles. The molecule has 3 amide bonds. The average molecular weight is 745 g/mol. The van der Waals surface area contributed by atoms with Crippen LogP contribution in [0.4, 0.5) is 0 Å². The van der Waals surface area contributed by atoms with Crippen LogP contribution in [0.3, 0.4) is 0 Å². The fraction of sp³-hybridized carbons (Fsp3) is 0.786. The van der Waals surface area contributed by atoms with Gasteiger partial charge in [-0.05, 0) is 83.1 Å². The number of hydrogen-bond acceptors (Lipinski definition) is 8. The number of amides is 3. The van der Waals surface area contributed by atoms with Gasteiger partial charge in [0.25, 0.3) is 5.91 Å². The van der Waals surface area contributed by atoms with E-state index in [-0.39, 0.29) is 43.8 Å². The van der Waals surface area contributed by atoms with E-state index >= 15 is 4.79 Å². The van der Waals surface area contributed by atoms with Crippen molar-refractivity contribution in [2.45, 2.75) is 148 Å². The number of methoxy groups -OCH3 is 1. The van der Waals surface area contributed by atoms with Gasteiger partial charge in [0.15, 0.2) is 5.60 Å². The maximum Gasteiger partial charge on any atom is 0.276 e. The fourth-order valence-corrected chi connectivity index (χ4v) is 8.07. The highest BCUT2D eigenvalue weighted by Gasteiger charge is 2.53. The van der Waals surface area contributed by atoms with Gasteiger partial charge in [0.2, 0.25) is 11.8 Å². The second-order valence-corrected chi connectivity index (χ2v) is 16.5. The Bertz CT molecular complexity index is 1230. The number of piperidine rings is 1. The minimum absolute atomic E-state index is 0.0104. The predicted octanol–water partition coefficient (Wildman–Crippen LogP) is 6.32. The van der Waals surface area contributed by atoms with Crippen LogP contribution < -0.4 is 11.2 Å². The molecule has 1 heterocycles. The van der Waals surface area contributed by atoms with Gasteiger partial charge in [-0.3, -0.25) is 24.8 Å². The molecule has 1 aromatic carbocycles. The van der Waals surface area contributed by atoms with Gasteiger partial charge in [-0.15, -0.1) is 0 Å². The number of hydrazine groups is 1. The second kappa shape index (κ2) is 22.1. The van der Waals surface area contributed by atoms with E-state index in [0.717, 1.165) is 6.42 Å². The third-order valence-electron chi connectivity index (χ3n) is 11.2. The number of aliphatic hydroxyl groups is 1. The summed E-state index contributed by atoms with van der Waals surface area (Å²) in [5, 5.41) is 12.6. The summed E-state index contributed by atoms with van der Waals surface area (Å²) in [6, 6.07) is 9.19. The highest BCUT2D eigenvalue weighted by atomic mass is 16.7. The Morgan fingerprint density at radius 2 is 1.68 bits per heavy atom. The number of ether oxygens (including phenoxy) is 3. The first-order valence-electron chi connectivity index (χ1n) is 20.4. The van der Waals surface area contributed by atoms with Crippen molar-refractivity contribution in [1.82, 2.24) is 15.3 Å². The molecule has 2 fully saturated rings. The molecule has 53 heavy (non-hydrogen) atoms. The van der Waals surface area contributed by atoms with E-state index in [0.29, 0.717) is 69.5 Å². The van der Waals surface area contributed by atoms with Gasteiger partial charge in [0.1, 0.15) is 6.79 Å². The molecular weight excluding hydrogens is 672 g/mol. The Morgan fingerprint density at radius 1 is 1.02 bits per heavy atom.